The van der Waals surface area contributed by atoms with Gasteiger partial charge >= 0.3 is 0 Å². The first-order valence-electron chi connectivity index (χ1n) is 11.8. The summed E-state index contributed by atoms with van der Waals surface area (Å²) in [5.41, 5.74) is 3.69. The average Bonchev–Trinajstić information content (AvgIpc) is 3.53. The maximum Gasteiger partial charge on any atom is 0.262 e. The van der Waals surface area contributed by atoms with Crippen LogP contribution in [0.2, 0.25) is 0 Å². The van der Waals surface area contributed by atoms with Crippen molar-refractivity contribution in [2.24, 2.45) is 10.1 Å². The number of thioether (sulfide) groups is 2. The summed E-state index contributed by atoms with van der Waals surface area (Å²) < 4.78 is 5.28. The molecule has 0 saturated carbocycles. The number of anilines is 1. The van der Waals surface area contributed by atoms with Gasteiger partial charge in [-0.15, -0.1) is 11.8 Å². The number of amidine groups is 1. The summed E-state index contributed by atoms with van der Waals surface area (Å²) in [6.45, 7) is 0. The van der Waals surface area contributed by atoms with Crippen LogP contribution in [0.4, 0.5) is 5.69 Å². The molecule has 3 aromatic carbocycles. The Morgan fingerprint density at radius 1 is 1.11 bits per heavy atom. The highest BCUT2D eigenvalue weighted by Crippen LogP contribution is 2.38. The van der Waals surface area contributed by atoms with Gasteiger partial charge in [0.1, 0.15) is 11.0 Å². The molecule has 1 N–H and O–H groups in total. The van der Waals surface area contributed by atoms with Gasteiger partial charge in [-0.1, -0.05) is 48.2 Å². The number of methoxy groups -OCH3 is 1. The summed E-state index contributed by atoms with van der Waals surface area (Å²) in [5, 5.41) is 9.55. The topological polar surface area (TPSA) is 83.4 Å². The number of ether oxygens (including phenoxy) is 1. The van der Waals surface area contributed by atoms with Crippen LogP contribution in [0.25, 0.3) is 0 Å². The van der Waals surface area contributed by atoms with Gasteiger partial charge in [0.25, 0.3) is 5.91 Å². The molecule has 2 aliphatic heterocycles. The lowest BCUT2D eigenvalue weighted by Gasteiger charge is -2.23. The molecule has 5 rings (SSSR count). The summed E-state index contributed by atoms with van der Waals surface area (Å²) in [7, 11) is 1.64. The van der Waals surface area contributed by atoms with Crippen molar-refractivity contribution >= 4 is 51.9 Å². The van der Waals surface area contributed by atoms with Crippen LogP contribution in [0.15, 0.2) is 93.9 Å². The lowest BCUT2D eigenvalue weighted by atomic mass is 9.98. The number of hydrazone groups is 1. The lowest BCUT2D eigenvalue weighted by Crippen LogP contribution is -2.25. The Hall–Kier alpha value is -3.56. The highest BCUT2D eigenvalue weighted by molar-refractivity contribution is 8.15. The van der Waals surface area contributed by atoms with Crippen LogP contribution in [0.1, 0.15) is 30.0 Å². The molecule has 2 heterocycles. The number of carbonyl (C=O) groups excluding carboxylic acids is 2. The number of hydrogen-bond acceptors (Lipinski definition) is 7. The van der Waals surface area contributed by atoms with Gasteiger partial charge in [0.05, 0.1) is 18.9 Å². The van der Waals surface area contributed by atoms with E-state index in [4.69, 9.17) is 9.84 Å². The van der Waals surface area contributed by atoms with Crippen LogP contribution in [0, 0.1) is 0 Å². The monoisotopic (exact) mass is 530 g/mol. The summed E-state index contributed by atoms with van der Waals surface area (Å²) in [5.74, 6) is 0.248. The first-order chi connectivity index (χ1) is 18.0. The third-order valence-electron chi connectivity index (χ3n) is 6.17. The number of hydrogen-bond donors (Lipinski definition) is 1. The third-order valence-corrected chi connectivity index (χ3v) is 8.03. The van der Waals surface area contributed by atoms with Gasteiger partial charge in [0.2, 0.25) is 5.91 Å². The van der Waals surface area contributed by atoms with E-state index >= 15 is 0 Å². The summed E-state index contributed by atoms with van der Waals surface area (Å²) in [6, 6.07) is 25.4. The van der Waals surface area contributed by atoms with Crippen molar-refractivity contribution in [2.75, 3.05) is 18.7 Å². The zero-order chi connectivity index (χ0) is 25.8. The van der Waals surface area contributed by atoms with Crippen molar-refractivity contribution in [1.29, 1.82) is 0 Å². The van der Waals surface area contributed by atoms with Gasteiger partial charge in [-0.25, -0.2) is 5.01 Å². The minimum Gasteiger partial charge on any atom is -0.497 e. The SMILES string of the molecule is COc1ccc(C2=NN(C3=NC(=O)[C@H](CC(=O)Nc4cccc(SC)c4)S3)[C@H](c3ccccc3)C2)cc1. The van der Waals surface area contributed by atoms with Crippen LogP contribution in [0.5, 0.6) is 5.75 Å². The quantitative estimate of drug-likeness (QED) is 0.401. The molecule has 2 atom stereocenters. The predicted molar refractivity (Wildman–Crippen MR) is 150 cm³/mol. The van der Waals surface area contributed by atoms with E-state index in [2.05, 4.69) is 22.4 Å². The molecule has 3 aromatic rings. The predicted octanol–water partition coefficient (Wildman–Crippen LogP) is 5.60. The Labute approximate surface area is 224 Å². The summed E-state index contributed by atoms with van der Waals surface area (Å²) in [4.78, 5) is 30.9. The molecule has 0 saturated heterocycles. The molecule has 0 aliphatic carbocycles. The van der Waals surface area contributed by atoms with E-state index in [-0.39, 0.29) is 24.3 Å². The fourth-order valence-electron chi connectivity index (χ4n) is 4.27. The molecule has 188 valence electrons. The van der Waals surface area contributed by atoms with E-state index < -0.39 is 5.25 Å². The number of rotatable bonds is 7. The molecule has 0 aromatic heterocycles. The van der Waals surface area contributed by atoms with Gasteiger partial charge in [-0.3, -0.25) is 9.59 Å². The molecule has 0 unspecified atom stereocenters. The van der Waals surface area contributed by atoms with Crippen LogP contribution >= 0.6 is 23.5 Å². The van der Waals surface area contributed by atoms with Crippen molar-refractivity contribution in [2.45, 2.75) is 29.0 Å². The number of carbonyl (C=O) groups is 2. The molecular formula is C28H26N4O3S2. The first-order valence-corrected chi connectivity index (χ1v) is 13.9. The number of nitrogens with one attached hydrogen (secondary N) is 1. The second kappa shape index (κ2) is 11.2. The number of amides is 2. The normalized spacial score (nSPS) is 19.0. The van der Waals surface area contributed by atoms with Crippen molar-refractivity contribution in [3.63, 3.8) is 0 Å². The molecule has 0 bridgehead atoms. The fraction of sp³-hybridized carbons (Fsp3) is 0.214. The van der Waals surface area contributed by atoms with Gasteiger partial charge < -0.3 is 10.1 Å². The van der Waals surface area contributed by atoms with E-state index in [1.54, 1.807) is 18.9 Å². The Morgan fingerprint density at radius 2 is 1.89 bits per heavy atom. The number of benzene rings is 3. The maximum absolute atomic E-state index is 12.8. The van der Waals surface area contributed by atoms with Gasteiger partial charge in [0.15, 0.2) is 5.17 Å². The molecule has 0 radical (unpaired) electrons. The summed E-state index contributed by atoms with van der Waals surface area (Å²) in [6.07, 6.45) is 2.69. The van der Waals surface area contributed by atoms with E-state index in [9.17, 15) is 9.59 Å². The Balaban J connectivity index is 1.33. The highest BCUT2D eigenvalue weighted by atomic mass is 32.2. The van der Waals surface area contributed by atoms with E-state index in [1.807, 2.05) is 78.0 Å². The van der Waals surface area contributed by atoms with E-state index in [0.29, 0.717) is 17.3 Å². The molecule has 0 spiro atoms. The largest absolute Gasteiger partial charge is 0.497 e. The fourth-order valence-corrected chi connectivity index (χ4v) is 5.79. The van der Waals surface area contributed by atoms with Crippen LogP contribution < -0.4 is 10.1 Å². The molecule has 9 heteroatoms. The molecule has 7 nitrogen and oxygen atoms in total. The Bertz CT molecular complexity index is 1360. The van der Waals surface area contributed by atoms with E-state index in [1.165, 1.54) is 11.8 Å². The smallest absolute Gasteiger partial charge is 0.262 e. The minimum atomic E-state index is -0.588. The number of nitrogens with zero attached hydrogens (tertiary/aromatic N) is 3. The Kier molecular flexibility index (Phi) is 7.62. The van der Waals surface area contributed by atoms with Crippen LogP contribution in [-0.4, -0.2) is 46.3 Å². The molecular weight excluding hydrogens is 504 g/mol. The Morgan fingerprint density at radius 3 is 2.62 bits per heavy atom. The van der Waals surface area contributed by atoms with Crippen molar-refractivity contribution in [1.82, 2.24) is 5.01 Å². The van der Waals surface area contributed by atoms with Gasteiger partial charge in [-0.05, 0) is 59.8 Å². The van der Waals surface area contributed by atoms with Crippen molar-refractivity contribution in [3.8, 4) is 5.75 Å². The van der Waals surface area contributed by atoms with E-state index in [0.717, 1.165) is 27.5 Å². The van der Waals surface area contributed by atoms with Crippen LogP contribution in [-0.2, 0) is 9.59 Å². The summed E-state index contributed by atoms with van der Waals surface area (Å²) >= 11 is 2.90. The van der Waals surface area contributed by atoms with Gasteiger partial charge in [-0.2, -0.15) is 10.1 Å². The third kappa shape index (κ3) is 5.73. The molecule has 0 fully saturated rings. The number of aliphatic imine (C=N–C) groups is 1. The van der Waals surface area contributed by atoms with Crippen molar-refractivity contribution < 1.29 is 14.3 Å². The van der Waals surface area contributed by atoms with Crippen molar-refractivity contribution in [3.05, 3.63) is 90.0 Å². The second-order valence-electron chi connectivity index (χ2n) is 8.57. The zero-order valence-electron chi connectivity index (χ0n) is 20.5. The van der Waals surface area contributed by atoms with Crippen LogP contribution in [0.3, 0.4) is 0 Å². The molecule has 2 amide bonds. The molecule has 2 aliphatic rings. The lowest BCUT2D eigenvalue weighted by molar-refractivity contribution is -0.121. The second-order valence-corrected chi connectivity index (χ2v) is 10.6. The van der Waals surface area contributed by atoms with Gasteiger partial charge in [0, 0.05) is 23.4 Å². The zero-order valence-corrected chi connectivity index (χ0v) is 22.1. The molecule has 37 heavy (non-hydrogen) atoms. The minimum absolute atomic E-state index is 0.0406. The average molecular weight is 531 g/mol. The highest BCUT2D eigenvalue weighted by Gasteiger charge is 2.39. The first kappa shape index (κ1) is 25.1. The standard InChI is InChI=1S/C28H26N4O3S2/c1-35-21-13-11-18(12-14-21)23-16-24(19-7-4-3-5-8-19)32(31-23)28-30-27(34)25(37-28)17-26(33)29-20-9-6-10-22(15-20)36-2/h3-15,24-25H,16-17H2,1-2H3,(H,29,33)/t24-,25-/m0/s1. The maximum atomic E-state index is 12.8.